The Labute approximate surface area is 80.0 Å². The van der Waals surface area contributed by atoms with Gasteiger partial charge in [-0.25, -0.2) is 0 Å². The van der Waals surface area contributed by atoms with Crippen molar-refractivity contribution in [1.82, 2.24) is 0 Å². The molecule has 0 aromatic rings. The van der Waals surface area contributed by atoms with Crippen molar-refractivity contribution in [1.29, 1.82) is 0 Å². The molecule has 0 radical (unpaired) electrons. The van der Waals surface area contributed by atoms with Crippen LogP contribution in [-0.2, 0) is 9.47 Å². The van der Waals surface area contributed by atoms with E-state index in [1.54, 1.807) is 0 Å². The topological polar surface area (TPSA) is 64.7 Å². The molecule has 0 bridgehead atoms. The minimum Gasteiger partial charge on any atom is -0.395 e. The Morgan fingerprint density at radius 3 is 2.38 bits per heavy atom. The summed E-state index contributed by atoms with van der Waals surface area (Å²) in [6.07, 6.45) is 0. The summed E-state index contributed by atoms with van der Waals surface area (Å²) in [6, 6.07) is -0.283. The zero-order chi connectivity index (χ0) is 10.3. The van der Waals surface area contributed by atoms with Crippen molar-refractivity contribution in [2.45, 2.75) is 32.4 Å². The van der Waals surface area contributed by atoms with Crippen molar-refractivity contribution in [2.75, 3.05) is 26.4 Å². The fourth-order valence-corrected chi connectivity index (χ4v) is 0.694. The lowest BCUT2D eigenvalue weighted by molar-refractivity contribution is -0.0375. The molecule has 0 amide bonds. The summed E-state index contributed by atoms with van der Waals surface area (Å²) in [5.74, 6) is 0. The maximum absolute atomic E-state index is 8.58. The summed E-state index contributed by atoms with van der Waals surface area (Å²) in [5.41, 5.74) is 5.30. The average Bonchev–Trinajstić information content (AvgIpc) is 2.01. The summed E-state index contributed by atoms with van der Waals surface area (Å²) in [7, 11) is 0. The molecular weight excluding hydrogens is 170 g/mol. The Morgan fingerprint density at radius 2 is 1.92 bits per heavy atom. The largest absolute Gasteiger partial charge is 0.395 e. The molecule has 0 aromatic heterocycles. The van der Waals surface area contributed by atoms with Crippen molar-refractivity contribution in [2.24, 2.45) is 5.73 Å². The van der Waals surface area contributed by atoms with Crippen molar-refractivity contribution in [3.63, 3.8) is 0 Å². The summed E-state index contributed by atoms with van der Waals surface area (Å²) in [6.45, 7) is 7.39. The standard InChI is InChI=1S/C9H21NO3/c1-9(2,3)13-5-4-12-7-8(10)6-11/h8,11H,4-7,10H2,1-3H3. The predicted molar refractivity (Wildman–Crippen MR) is 51.6 cm³/mol. The van der Waals surface area contributed by atoms with Crippen LogP contribution in [0.2, 0.25) is 0 Å². The Balaban J connectivity index is 3.18. The normalized spacial score (nSPS) is 14.5. The second kappa shape index (κ2) is 6.32. The van der Waals surface area contributed by atoms with Gasteiger partial charge >= 0.3 is 0 Å². The van der Waals surface area contributed by atoms with Crippen LogP contribution >= 0.6 is 0 Å². The molecule has 0 spiro atoms. The molecule has 1 atom stereocenters. The van der Waals surface area contributed by atoms with E-state index in [-0.39, 0.29) is 18.2 Å². The van der Waals surface area contributed by atoms with Crippen LogP contribution in [0.15, 0.2) is 0 Å². The van der Waals surface area contributed by atoms with Crippen LogP contribution in [0.3, 0.4) is 0 Å². The molecule has 0 aliphatic heterocycles. The van der Waals surface area contributed by atoms with E-state index in [1.165, 1.54) is 0 Å². The molecule has 0 heterocycles. The van der Waals surface area contributed by atoms with Gasteiger partial charge in [0.05, 0.1) is 38.1 Å². The van der Waals surface area contributed by atoms with Gasteiger partial charge in [0.1, 0.15) is 0 Å². The van der Waals surface area contributed by atoms with Crippen LogP contribution in [-0.4, -0.2) is 43.2 Å². The van der Waals surface area contributed by atoms with E-state index in [1.807, 2.05) is 20.8 Å². The van der Waals surface area contributed by atoms with Gasteiger partial charge in [0.2, 0.25) is 0 Å². The Bertz CT molecular complexity index is 123. The number of aliphatic hydroxyl groups excluding tert-OH is 1. The van der Waals surface area contributed by atoms with E-state index in [0.717, 1.165) is 0 Å². The first-order valence-electron chi connectivity index (χ1n) is 4.54. The van der Waals surface area contributed by atoms with Crippen LogP contribution in [0.4, 0.5) is 0 Å². The number of hydrogen-bond acceptors (Lipinski definition) is 4. The highest BCUT2D eigenvalue weighted by Gasteiger charge is 2.09. The van der Waals surface area contributed by atoms with Gasteiger partial charge in [-0.15, -0.1) is 0 Å². The fourth-order valence-electron chi connectivity index (χ4n) is 0.694. The van der Waals surface area contributed by atoms with Crippen LogP contribution in [0.1, 0.15) is 20.8 Å². The summed E-state index contributed by atoms with van der Waals surface area (Å²) in [5, 5.41) is 8.58. The third-order valence-corrected chi connectivity index (χ3v) is 1.33. The van der Waals surface area contributed by atoms with E-state index < -0.39 is 0 Å². The summed E-state index contributed by atoms with van der Waals surface area (Å²) < 4.78 is 10.6. The third-order valence-electron chi connectivity index (χ3n) is 1.33. The van der Waals surface area contributed by atoms with Crippen LogP contribution in [0.25, 0.3) is 0 Å². The van der Waals surface area contributed by atoms with Gasteiger partial charge < -0.3 is 20.3 Å². The average molecular weight is 191 g/mol. The first-order valence-corrected chi connectivity index (χ1v) is 4.54. The van der Waals surface area contributed by atoms with Crippen molar-refractivity contribution in [3.05, 3.63) is 0 Å². The van der Waals surface area contributed by atoms with Crippen LogP contribution < -0.4 is 5.73 Å². The zero-order valence-corrected chi connectivity index (χ0v) is 8.75. The van der Waals surface area contributed by atoms with Crippen molar-refractivity contribution >= 4 is 0 Å². The molecule has 0 saturated heterocycles. The highest BCUT2D eigenvalue weighted by Crippen LogP contribution is 2.05. The van der Waals surface area contributed by atoms with Gasteiger partial charge in [0, 0.05) is 0 Å². The SMILES string of the molecule is CC(C)(C)OCCOCC(N)CO. The molecule has 4 heteroatoms. The first-order chi connectivity index (χ1) is 5.95. The van der Waals surface area contributed by atoms with Crippen LogP contribution in [0, 0.1) is 0 Å². The first kappa shape index (κ1) is 12.8. The monoisotopic (exact) mass is 191 g/mol. The molecule has 3 N–H and O–H groups in total. The van der Waals surface area contributed by atoms with Gasteiger partial charge in [0.15, 0.2) is 0 Å². The van der Waals surface area contributed by atoms with Crippen LogP contribution in [0.5, 0.6) is 0 Å². The minimum atomic E-state index is -0.283. The van der Waals surface area contributed by atoms with Gasteiger partial charge in [-0.2, -0.15) is 0 Å². The molecule has 0 aliphatic carbocycles. The highest BCUT2D eigenvalue weighted by atomic mass is 16.5. The fraction of sp³-hybridized carbons (Fsp3) is 1.00. The second-order valence-corrected chi connectivity index (χ2v) is 3.98. The van der Waals surface area contributed by atoms with Gasteiger partial charge in [-0.3, -0.25) is 0 Å². The van der Waals surface area contributed by atoms with Gasteiger partial charge in [0.25, 0.3) is 0 Å². The molecule has 0 rings (SSSR count). The maximum Gasteiger partial charge on any atom is 0.0707 e. The molecule has 0 fully saturated rings. The van der Waals surface area contributed by atoms with E-state index >= 15 is 0 Å². The summed E-state index contributed by atoms with van der Waals surface area (Å²) >= 11 is 0. The Morgan fingerprint density at radius 1 is 1.31 bits per heavy atom. The Hall–Kier alpha value is -0.160. The highest BCUT2D eigenvalue weighted by molar-refractivity contribution is 4.59. The lowest BCUT2D eigenvalue weighted by Gasteiger charge is -2.19. The number of hydrogen-bond donors (Lipinski definition) is 2. The van der Waals surface area contributed by atoms with Gasteiger partial charge in [-0.05, 0) is 20.8 Å². The predicted octanol–water partition coefficient (Wildman–Crippen LogP) is 0.138. The molecule has 0 aliphatic rings. The van der Waals surface area contributed by atoms with E-state index in [9.17, 15) is 0 Å². The number of aliphatic hydroxyl groups is 1. The van der Waals surface area contributed by atoms with Crippen molar-refractivity contribution < 1.29 is 14.6 Å². The lowest BCUT2D eigenvalue weighted by atomic mass is 10.2. The van der Waals surface area contributed by atoms with Gasteiger partial charge in [-0.1, -0.05) is 0 Å². The quantitative estimate of drug-likeness (QED) is 0.586. The smallest absolute Gasteiger partial charge is 0.0707 e. The molecule has 80 valence electrons. The number of rotatable bonds is 6. The molecule has 1 unspecified atom stereocenters. The molecule has 4 nitrogen and oxygen atoms in total. The lowest BCUT2D eigenvalue weighted by Crippen LogP contribution is -2.31. The van der Waals surface area contributed by atoms with E-state index in [0.29, 0.717) is 19.8 Å². The Kier molecular flexibility index (Phi) is 6.24. The maximum atomic E-state index is 8.58. The summed E-state index contributed by atoms with van der Waals surface area (Å²) in [4.78, 5) is 0. The number of nitrogens with two attached hydrogens (primary N) is 1. The third kappa shape index (κ3) is 9.76. The molecule has 13 heavy (non-hydrogen) atoms. The number of ether oxygens (including phenoxy) is 2. The molecule has 0 saturated carbocycles. The van der Waals surface area contributed by atoms with E-state index in [2.05, 4.69) is 0 Å². The second-order valence-electron chi connectivity index (χ2n) is 3.98. The zero-order valence-electron chi connectivity index (χ0n) is 8.75. The molecule has 0 aromatic carbocycles. The molecular formula is C9H21NO3. The minimum absolute atomic E-state index is 0.0415. The van der Waals surface area contributed by atoms with Crippen molar-refractivity contribution in [3.8, 4) is 0 Å². The van der Waals surface area contributed by atoms with E-state index in [4.69, 9.17) is 20.3 Å².